The van der Waals surface area contributed by atoms with Crippen LogP contribution in [0.15, 0.2) is 155 Å². The van der Waals surface area contributed by atoms with Crippen LogP contribution in [0.1, 0.15) is 140 Å². The molecule has 0 saturated heterocycles. The lowest BCUT2D eigenvalue weighted by Gasteiger charge is -2.11. The number of aromatic nitrogens is 4. The molecular weight excluding hydrogens is 1830 g/mol. The van der Waals surface area contributed by atoms with Crippen LogP contribution in [0.25, 0.3) is 54.4 Å². The molecule has 13 aromatic rings. The second-order valence-electron chi connectivity index (χ2n) is 29.9. The van der Waals surface area contributed by atoms with E-state index in [1.54, 1.807) is 0 Å². The van der Waals surface area contributed by atoms with E-state index in [0.717, 1.165) is 199 Å². The summed E-state index contributed by atoms with van der Waals surface area (Å²) in [4.78, 5) is 62.6. The van der Waals surface area contributed by atoms with Crippen LogP contribution in [0.4, 0.5) is 0 Å². The van der Waals surface area contributed by atoms with Crippen molar-refractivity contribution < 1.29 is 71.8 Å². The summed E-state index contributed by atoms with van der Waals surface area (Å²) < 4.78 is 126. The van der Waals surface area contributed by atoms with Gasteiger partial charge < -0.3 is 38.9 Å². The number of H-pyrrole nitrogens is 4. The number of fused-ring (bicyclic) bond motifs is 5. The van der Waals surface area contributed by atoms with Crippen molar-refractivity contribution in [3.05, 3.63) is 265 Å². The quantitative estimate of drug-likeness (QED) is 0.0211. The number of benzene rings is 9. The summed E-state index contributed by atoms with van der Waals surface area (Å²) in [7, 11) is -14.7. The number of rotatable bonds is 28. The first-order valence-corrected chi connectivity index (χ1v) is 48.9. The Morgan fingerprint density at radius 2 is 0.713 bits per heavy atom. The second-order valence-corrected chi connectivity index (χ2v) is 39.8. The van der Waals surface area contributed by atoms with E-state index in [1.165, 1.54) is 0 Å². The average molecular weight is 1930 g/mol. The maximum atomic E-state index is 12.6. The maximum Gasteiger partial charge on any atom is 0.281 e. The molecule has 0 fully saturated rings. The van der Waals surface area contributed by atoms with E-state index in [9.17, 15) is 52.8 Å². The molecule has 646 valence electrons. The van der Waals surface area contributed by atoms with E-state index in [-0.39, 0.29) is 22.8 Å². The summed E-state index contributed by atoms with van der Waals surface area (Å²) in [5.74, 6) is 0.392. The van der Waals surface area contributed by atoms with Gasteiger partial charge in [-0.25, -0.2) is 52.6 Å². The molecule has 0 unspecified atom stereocenters. The van der Waals surface area contributed by atoms with Crippen LogP contribution in [0, 0.1) is 62.3 Å². The van der Waals surface area contributed by atoms with E-state index in [1.807, 2.05) is 222 Å². The van der Waals surface area contributed by atoms with Crippen molar-refractivity contribution in [1.82, 2.24) is 38.8 Å². The van der Waals surface area contributed by atoms with Crippen molar-refractivity contribution in [2.24, 2.45) is 0 Å². The molecule has 0 aliphatic rings. The van der Waals surface area contributed by atoms with Gasteiger partial charge in [0.25, 0.3) is 23.6 Å². The highest BCUT2D eigenvalue weighted by Gasteiger charge is 2.27. The fourth-order valence-corrected chi connectivity index (χ4v) is 17.3. The number of carbonyl (C=O) groups is 4. The van der Waals surface area contributed by atoms with Crippen molar-refractivity contribution in [2.45, 2.75) is 114 Å². The Kier molecular flexibility index (Phi) is 31.4. The molecule has 122 heavy (non-hydrogen) atoms. The standard InChI is InChI=1S/C23H21BrN2O4S.C22H24BrClN2O4S.2C22H25ClN2O4S/c1-31(28,29)26-23(27)22-17(21-18(24)11-5-12-19(21)25-22)10-6-14-30-20-13-4-8-15-7-2-3-9-16(15)20;1-12-10-15(11-13(2)19(12)24)30-9-5-6-16-17-7-8-18(23)14(3)20(17)25-21(16)22(27)26-31(4,28)29;1-13-7-5-9-18-19(13)17(21(24-18)22(26)25-30(4,27)28)8-6-10-29-16-11-14(2)20(23)15(3)12-16;1-13-7-8-17-18(21(24-19(17)10-13)22(26)25-30(4,27)28)6-5-9-29-16-11-14(2)20(23)15(3)12-16/h2-5,7-9,11-13,25H,6,10,14H2,1H3,(H,26,27);7-8,10-11,25H,5-6,9H2,1-4H3,(H,26,27);5,7,9,11-12,24H,6,8,10H2,1-4H3,(H,25,26);7-8,10-12,24H,5-6,9H2,1-4H3,(H,25,26). The lowest BCUT2D eigenvalue weighted by molar-refractivity contribution is 0.0967. The Morgan fingerprint density at radius 3 is 1.17 bits per heavy atom. The lowest BCUT2D eigenvalue weighted by atomic mass is 10.0. The Hall–Kier alpha value is -9.89. The molecule has 0 spiro atoms. The van der Waals surface area contributed by atoms with Gasteiger partial charge in [-0.1, -0.05) is 139 Å². The monoisotopic (exact) mass is 1920 g/mol. The molecule has 0 radical (unpaired) electrons. The summed E-state index contributed by atoms with van der Waals surface area (Å²) in [5, 5.41) is 7.95. The molecule has 33 heteroatoms. The van der Waals surface area contributed by atoms with Gasteiger partial charge in [0, 0.05) is 67.5 Å². The number of amides is 4. The third-order valence-electron chi connectivity index (χ3n) is 19.7. The van der Waals surface area contributed by atoms with Crippen molar-refractivity contribution in [3.8, 4) is 23.0 Å². The zero-order valence-corrected chi connectivity index (χ0v) is 78.1. The highest BCUT2D eigenvalue weighted by Crippen LogP contribution is 2.37. The Bertz CT molecular complexity index is 6590. The van der Waals surface area contributed by atoms with E-state index in [0.29, 0.717) is 77.8 Å². The summed E-state index contributed by atoms with van der Waals surface area (Å²) in [6.45, 7) is 19.3. The molecule has 4 aromatic heterocycles. The third kappa shape index (κ3) is 25.0. The van der Waals surface area contributed by atoms with E-state index >= 15 is 0 Å². The van der Waals surface area contributed by atoms with Crippen LogP contribution < -0.4 is 37.8 Å². The molecule has 24 nitrogen and oxygen atoms in total. The zero-order chi connectivity index (χ0) is 89.0. The molecule has 4 heterocycles. The molecule has 0 aliphatic carbocycles. The summed E-state index contributed by atoms with van der Waals surface area (Å²) in [5.41, 5.74) is 16.0. The number of ether oxygens (including phenoxy) is 4. The van der Waals surface area contributed by atoms with Gasteiger partial charge in [0.15, 0.2) is 0 Å². The summed E-state index contributed by atoms with van der Waals surface area (Å²) in [6, 6.07) is 46.4. The van der Waals surface area contributed by atoms with Gasteiger partial charge in [-0.2, -0.15) is 0 Å². The molecule has 0 saturated carbocycles. The topological polar surface area (TPSA) is 353 Å². The molecule has 4 amide bonds. The smallest absolute Gasteiger partial charge is 0.281 e. The SMILES string of the molecule is CS(=O)(=O)NC(=O)c1[nH]c2cccc(Br)c2c1CCCOc1cccc2ccccc12.Cc1cc(OCCCc2c(C(=O)NS(C)(=O)=O)[nH]c3c(C)c(Br)ccc23)cc(C)c1Cl.Cc1cc(OCCCc2c(C(=O)NS(C)(=O)=O)[nH]c3cccc(C)c23)cc(C)c1Cl.Cc1ccc2c(CCCOc3cc(C)c(Cl)c(C)c3)c(C(=O)NS(C)(=O)=O)[nH]c2c1. The predicted octanol–water partition coefficient (Wildman–Crippen LogP) is 18.9. The third-order valence-corrected chi connectivity index (χ3v) is 25.2. The number of carbonyl (C=O) groups excluding carboxylic acids is 4. The molecule has 0 aliphatic heterocycles. The van der Waals surface area contributed by atoms with Gasteiger partial charge >= 0.3 is 0 Å². The Morgan fingerprint density at radius 1 is 0.352 bits per heavy atom. The van der Waals surface area contributed by atoms with E-state index in [4.69, 9.17) is 53.8 Å². The minimum Gasteiger partial charge on any atom is -0.494 e. The van der Waals surface area contributed by atoms with Crippen LogP contribution in [0.5, 0.6) is 23.0 Å². The van der Waals surface area contributed by atoms with Gasteiger partial charge in [0.2, 0.25) is 40.1 Å². The fraction of sp³-hybridized carbons (Fsp3) is 0.281. The molecule has 9 aromatic carbocycles. The van der Waals surface area contributed by atoms with E-state index in [2.05, 4.69) is 56.5 Å². The van der Waals surface area contributed by atoms with Crippen LogP contribution in [0.2, 0.25) is 15.1 Å². The maximum absolute atomic E-state index is 12.6. The van der Waals surface area contributed by atoms with Crippen molar-refractivity contribution in [3.63, 3.8) is 0 Å². The Labute approximate surface area is 742 Å². The molecule has 8 N–H and O–H groups in total. The number of sulfonamides is 4. The van der Waals surface area contributed by atoms with Crippen molar-refractivity contribution in [2.75, 3.05) is 51.5 Å². The van der Waals surface area contributed by atoms with Crippen LogP contribution in [-0.2, 0) is 65.8 Å². The normalized spacial score (nSPS) is 11.7. The zero-order valence-electron chi connectivity index (χ0n) is 69.4. The number of halogens is 5. The average Bonchev–Trinajstić information content (AvgIpc) is 1.60. The van der Waals surface area contributed by atoms with Crippen LogP contribution in [0.3, 0.4) is 0 Å². The predicted molar refractivity (Wildman–Crippen MR) is 494 cm³/mol. The molecule has 0 bridgehead atoms. The number of aromatic amines is 4. The van der Waals surface area contributed by atoms with Gasteiger partial charge in [0.1, 0.15) is 45.8 Å². The van der Waals surface area contributed by atoms with Crippen LogP contribution in [-0.4, -0.2) is 129 Å². The van der Waals surface area contributed by atoms with Crippen molar-refractivity contribution >= 4 is 185 Å². The van der Waals surface area contributed by atoms with Gasteiger partial charge in [-0.15, -0.1) is 0 Å². The lowest BCUT2D eigenvalue weighted by Crippen LogP contribution is -2.30. The first kappa shape index (κ1) is 94.4. The highest BCUT2D eigenvalue weighted by molar-refractivity contribution is 9.11. The summed E-state index contributed by atoms with van der Waals surface area (Å²) >= 11 is 25.6. The van der Waals surface area contributed by atoms with Gasteiger partial charge in [0.05, 0.1) is 57.0 Å². The minimum absolute atomic E-state index is 0.248. The first-order chi connectivity index (χ1) is 57.4. The number of hydrogen-bond donors (Lipinski definition) is 8. The summed E-state index contributed by atoms with van der Waals surface area (Å²) in [6.07, 6.45) is 8.63. The Balaban J connectivity index is 0.000000171. The molecular formula is C89H95Br2Cl3N8O16S4. The van der Waals surface area contributed by atoms with Gasteiger partial charge in [-0.3, -0.25) is 19.2 Å². The number of hydrogen-bond acceptors (Lipinski definition) is 16. The van der Waals surface area contributed by atoms with Crippen molar-refractivity contribution in [1.29, 1.82) is 0 Å². The second kappa shape index (κ2) is 40.6. The number of nitrogens with one attached hydrogen (secondary N) is 8. The van der Waals surface area contributed by atoms with Gasteiger partial charge in [-0.05, 0) is 264 Å². The van der Waals surface area contributed by atoms with E-state index < -0.39 is 63.7 Å². The highest BCUT2D eigenvalue weighted by atomic mass is 79.9. The van der Waals surface area contributed by atoms with Crippen LogP contribution >= 0.6 is 66.7 Å². The molecule has 13 rings (SSSR count). The minimum atomic E-state index is -3.68. The fourth-order valence-electron chi connectivity index (χ4n) is 14.3. The largest absolute Gasteiger partial charge is 0.494 e. The molecule has 0 atom stereocenters. The first-order valence-electron chi connectivity index (χ1n) is 38.6. The number of aryl methyl sites for hydroxylation is 13.